The largest absolute Gasteiger partial charge is 0.348 e. The Labute approximate surface area is 120 Å². The van der Waals surface area contributed by atoms with Gasteiger partial charge in [-0.2, -0.15) is 0 Å². The Bertz CT molecular complexity index is 585. The van der Waals surface area contributed by atoms with E-state index in [9.17, 15) is 4.79 Å². The van der Waals surface area contributed by atoms with Crippen LogP contribution in [0, 0.1) is 0 Å². The van der Waals surface area contributed by atoms with Crippen LogP contribution in [0.4, 0.5) is 0 Å². The summed E-state index contributed by atoms with van der Waals surface area (Å²) >= 11 is 0. The second-order valence-corrected chi connectivity index (χ2v) is 5.87. The van der Waals surface area contributed by atoms with E-state index >= 15 is 0 Å². The third-order valence-corrected chi connectivity index (χ3v) is 3.19. The Morgan fingerprint density at radius 2 is 1.85 bits per heavy atom. The fourth-order valence-corrected chi connectivity index (χ4v) is 1.94. The summed E-state index contributed by atoms with van der Waals surface area (Å²) in [5.74, 6) is -0.0754. The van der Waals surface area contributed by atoms with Crippen LogP contribution in [0.2, 0.25) is 0 Å². The average molecular weight is 268 g/mol. The molecule has 0 fully saturated rings. The Balaban J connectivity index is 2.03. The third-order valence-electron chi connectivity index (χ3n) is 3.19. The lowest BCUT2D eigenvalue weighted by Crippen LogP contribution is -2.23. The predicted molar refractivity (Wildman–Crippen MR) is 80.5 cm³/mol. The number of carbonyl (C=O) groups is 1. The fourth-order valence-electron chi connectivity index (χ4n) is 1.94. The summed E-state index contributed by atoms with van der Waals surface area (Å²) in [6.45, 7) is 7.08. The van der Waals surface area contributed by atoms with Crippen LogP contribution < -0.4 is 5.32 Å². The first-order valence-corrected chi connectivity index (χ1v) is 6.74. The smallest absolute Gasteiger partial charge is 0.251 e. The number of carbonyl (C=O) groups excluding carboxylic acids is 1. The molecule has 1 heterocycles. The van der Waals surface area contributed by atoms with E-state index in [2.05, 4.69) is 43.2 Å². The number of amides is 1. The molecule has 0 aliphatic carbocycles. The Morgan fingerprint density at radius 3 is 2.50 bits per heavy atom. The monoisotopic (exact) mass is 268 g/mol. The van der Waals surface area contributed by atoms with Crippen molar-refractivity contribution in [1.82, 2.24) is 10.3 Å². The molecule has 0 saturated carbocycles. The number of pyridine rings is 1. The number of benzene rings is 1. The van der Waals surface area contributed by atoms with E-state index < -0.39 is 0 Å². The molecule has 0 radical (unpaired) electrons. The van der Waals surface area contributed by atoms with Crippen LogP contribution in [-0.4, -0.2) is 10.9 Å². The minimum Gasteiger partial charge on any atom is -0.348 e. The van der Waals surface area contributed by atoms with E-state index in [1.54, 1.807) is 24.5 Å². The quantitative estimate of drug-likeness (QED) is 0.928. The van der Waals surface area contributed by atoms with Gasteiger partial charge < -0.3 is 5.32 Å². The maximum Gasteiger partial charge on any atom is 0.251 e. The van der Waals surface area contributed by atoms with Crippen LogP contribution in [0.15, 0.2) is 48.8 Å². The summed E-state index contributed by atoms with van der Waals surface area (Å²) < 4.78 is 0. The molecule has 0 unspecified atom stereocenters. The van der Waals surface area contributed by atoms with Gasteiger partial charge in [0.05, 0.1) is 0 Å². The number of aromatic nitrogens is 1. The van der Waals surface area contributed by atoms with Crippen molar-refractivity contribution in [3.8, 4) is 0 Å². The second-order valence-electron chi connectivity index (χ2n) is 5.87. The molecular formula is C17H20N2O. The molecule has 3 nitrogen and oxygen atoms in total. The molecule has 2 rings (SSSR count). The van der Waals surface area contributed by atoms with Crippen LogP contribution in [0.1, 0.15) is 42.3 Å². The van der Waals surface area contributed by atoms with Gasteiger partial charge in [-0.05, 0) is 28.7 Å². The molecule has 20 heavy (non-hydrogen) atoms. The third kappa shape index (κ3) is 3.67. The molecule has 0 saturated heterocycles. The van der Waals surface area contributed by atoms with E-state index in [0.29, 0.717) is 12.1 Å². The lowest BCUT2D eigenvalue weighted by molar-refractivity contribution is 0.0951. The van der Waals surface area contributed by atoms with Gasteiger partial charge in [-0.25, -0.2) is 0 Å². The molecule has 0 spiro atoms. The van der Waals surface area contributed by atoms with Gasteiger partial charge in [0.15, 0.2) is 0 Å². The molecule has 1 aromatic heterocycles. The molecule has 1 N–H and O–H groups in total. The Hall–Kier alpha value is -2.16. The second kappa shape index (κ2) is 5.87. The minimum absolute atomic E-state index is 0.0754. The van der Waals surface area contributed by atoms with Gasteiger partial charge in [0.25, 0.3) is 5.91 Å². The van der Waals surface area contributed by atoms with Gasteiger partial charge in [-0.15, -0.1) is 0 Å². The van der Waals surface area contributed by atoms with E-state index in [-0.39, 0.29) is 11.3 Å². The highest BCUT2D eigenvalue weighted by Gasteiger charge is 2.13. The summed E-state index contributed by atoms with van der Waals surface area (Å²) in [5, 5.41) is 2.93. The highest BCUT2D eigenvalue weighted by atomic mass is 16.1. The van der Waals surface area contributed by atoms with E-state index in [1.165, 1.54) is 5.56 Å². The summed E-state index contributed by atoms with van der Waals surface area (Å²) in [6, 6.07) is 11.7. The van der Waals surface area contributed by atoms with Gasteiger partial charge >= 0.3 is 0 Å². The van der Waals surface area contributed by atoms with Crippen LogP contribution >= 0.6 is 0 Å². The highest BCUT2D eigenvalue weighted by Crippen LogP contribution is 2.22. The highest BCUT2D eigenvalue weighted by molar-refractivity contribution is 5.93. The zero-order chi connectivity index (χ0) is 14.6. The first-order valence-electron chi connectivity index (χ1n) is 6.74. The number of rotatable bonds is 3. The van der Waals surface area contributed by atoms with Crippen molar-refractivity contribution in [2.45, 2.75) is 32.7 Å². The van der Waals surface area contributed by atoms with Crippen molar-refractivity contribution < 1.29 is 4.79 Å². The first-order chi connectivity index (χ1) is 9.47. The molecular weight excluding hydrogens is 248 g/mol. The van der Waals surface area contributed by atoms with Crippen molar-refractivity contribution in [3.63, 3.8) is 0 Å². The van der Waals surface area contributed by atoms with Crippen molar-refractivity contribution in [2.24, 2.45) is 0 Å². The maximum atomic E-state index is 12.0. The van der Waals surface area contributed by atoms with E-state index in [0.717, 1.165) is 5.56 Å². The molecule has 1 aromatic carbocycles. The zero-order valence-electron chi connectivity index (χ0n) is 12.2. The molecule has 3 heteroatoms. The van der Waals surface area contributed by atoms with Crippen molar-refractivity contribution in [3.05, 3.63) is 65.5 Å². The molecule has 1 amide bonds. The maximum absolute atomic E-state index is 12.0. The van der Waals surface area contributed by atoms with Crippen LogP contribution in [0.5, 0.6) is 0 Å². The Morgan fingerprint density at radius 1 is 1.15 bits per heavy atom. The number of nitrogens with zero attached hydrogens (tertiary/aromatic N) is 1. The summed E-state index contributed by atoms with van der Waals surface area (Å²) in [5.41, 5.74) is 3.13. The van der Waals surface area contributed by atoms with Crippen molar-refractivity contribution >= 4 is 5.91 Å². The van der Waals surface area contributed by atoms with Gasteiger partial charge in [-0.3, -0.25) is 9.78 Å². The SMILES string of the molecule is CC(C)(C)c1cccc(CNC(=O)c2ccncc2)c1. The normalized spacial score (nSPS) is 11.2. The van der Waals surface area contributed by atoms with Crippen LogP contribution in [0.3, 0.4) is 0 Å². The number of nitrogens with one attached hydrogen (secondary N) is 1. The molecule has 104 valence electrons. The molecule has 0 atom stereocenters. The predicted octanol–water partition coefficient (Wildman–Crippen LogP) is 3.31. The molecule has 2 aromatic rings. The molecule has 0 aliphatic heterocycles. The van der Waals surface area contributed by atoms with Crippen molar-refractivity contribution in [2.75, 3.05) is 0 Å². The lowest BCUT2D eigenvalue weighted by Gasteiger charge is -2.19. The van der Waals surface area contributed by atoms with Gasteiger partial charge in [0.2, 0.25) is 0 Å². The average Bonchev–Trinajstić information content (AvgIpc) is 2.45. The van der Waals surface area contributed by atoms with Crippen molar-refractivity contribution in [1.29, 1.82) is 0 Å². The van der Waals surface area contributed by atoms with E-state index in [1.807, 2.05) is 12.1 Å². The molecule has 0 bridgehead atoms. The summed E-state index contributed by atoms with van der Waals surface area (Å²) in [6.07, 6.45) is 3.24. The standard InChI is InChI=1S/C17H20N2O/c1-17(2,3)15-6-4-5-13(11-15)12-19-16(20)14-7-9-18-10-8-14/h4-11H,12H2,1-3H3,(H,19,20). The van der Waals surface area contributed by atoms with Crippen LogP contribution in [0.25, 0.3) is 0 Å². The fraction of sp³-hybridized carbons (Fsp3) is 0.294. The zero-order valence-corrected chi connectivity index (χ0v) is 12.2. The van der Waals surface area contributed by atoms with E-state index in [4.69, 9.17) is 0 Å². The summed E-state index contributed by atoms with van der Waals surface area (Å²) in [7, 11) is 0. The molecule has 0 aliphatic rings. The summed E-state index contributed by atoms with van der Waals surface area (Å²) in [4.78, 5) is 15.9. The lowest BCUT2D eigenvalue weighted by atomic mass is 9.86. The Kier molecular flexibility index (Phi) is 4.18. The van der Waals surface area contributed by atoms with Gasteiger partial charge in [-0.1, -0.05) is 45.0 Å². The number of hydrogen-bond donors (Lipinski definition) is 1. The number of hydrogen-bond acceptors (Lipinski definition) is 2. The first kappa shape index (κ1) is 14.3. The minimum atomic E-state index is -0.0754. The van der Waals surface area contributed by atoms with Crippen LogP contribution in [-0.2, 0) is 12.0 Å². The van der Waals surface area contributed by atoms with Gasteiger partial charge in [0.1, 0.15) is 0 Å². The topological polar surface area (TPSA) is 42.0 Å². The van der Waals surface area contributed by atoms with Gasteiger partial charge in [0, 0.05) is 24.5 Å².